The Bertz CT molecular complexity index is 494. The van der Waals surface area contributed by atoms with Crippen molar-refractivity contribution >= 4 is 28.4 Å². The second-order valence-corrected chi connectivity index (χ2v) is 3.84. The van der Waals surface area contributed by atoms with Crippen LogP contribution >= 0.6 is 22.6 Å². The van der Waals surface area contributed by atoms with E-state index in [2.05, 4.69) is 37.5 Å². The minimum atomic E-state index is -0.566. The predicted octanol–water partition coefficient (Wildman–Crippen LogP) is 1.18. The van der Waals surface area contributed by atoms with Gasteiger partial charge in [-0.25, -0.2) is 14.5 Å². The molecule has 8 heteroatoms. The van der Waals surface area contributed by atoms with Gasteiger partial charge < -0.3 is 10.1 Å². The number of nitro groups is 1. The van der Waals surface area contributed by atoms with Crippen molar-refractivity contribution in [3.63, 3.8) is 0 Å². The molecule has 0 aliphatic heterocycles. The van der Waals surface area contributed by atoms with Crippen molar-refractivity contribution in [3.05, 3.63) is 38.6 Å². The molecule has 0 bridgehead atoms. The van der Waals surface area contributed by atoms with Crippen LogP contribution in [-0.4, -0.2) is 24.4 Å². The summed E-state index contributed by atoms with van der Waals surface area (Å²) in [6.07, 6.45) is 5.81. The lowest BCUT2D eigenvalue weighted by atomic mass is 10.6. The second kappa shape index (κ2) is 3.88. The van der Waals surface area contributed by atoms with Crippen molar-refractivity contribution in [2.24, 2.45) is 0 Å². The summed E-state index contributed by atoms with van der Waals surface area (Å²) in [4.78, 5) is 21.4. The fourth-order valence-electron chi connectivity index (χ4n) is 0.955. The Hall–Kier alpha value is -1.58. The number of hydrogen-bond acceptors (Lipinski definition) is 5. The topological polar surface area (TPSA) is 86.7 Å². The highest BCUT2D eigenvalue weighted by atomic mass is 127. The molecule has 0 aliphatic carbocycles. The van der Waals surface area contributed by atoms with E-state index < -0.39 is 4.92 Å². The van der Waals surface area contributed by atoms with E-state index in [9.17, 15) is 10.1 Å². The summed E-state index contributed by atoms with van der Waals surface area (Å²) in [5.74, 6) is 0.133. The van der Waals surface area contributed by atoms with Crippen LogP contribution in [-0.2, 0) is 0 Å². The van der Waals surface area contributed by atoms with E-state index in [0.29, 0.717) is 5.95 Å². The summed E-state index contributed by atoms with van der Waals surface area (Å²) in [6, 6.07) is 0. The van der Waals surface area contributed by atoms with Gasteiger partial charge in [0.2, 0.25) is 12.3 Å². The van der Waals surface area contributed by atoms with Crippen molar-refractivity contribution in [2.45, 2.75) is 0 Å². The van der Waals surface area contributed by atoms with E-state index in [4.69, 9.17) is 0 Å². The average molecular weight is 317 g/mol. The third-order valence-electron chi connectivity index (χ3n) is 1.59. The van der Waals surface area contributed by atoms with Crippen LogP contribution in [0.2, 0.25) is 0 Å². The molecule has 0 saturated heterocycles. The molecule has 76 valence electrons. The van der Waals surface area contributed by atoms with Crippen molar-refractivity contribution in [2.75, 3.05) is 0 Å². The fraction of sp³-hybridized carbons (Fsp3) is 0. The minimum absolute atomic E-state index is 0.225. The number of hydrogen-bond donors (Lipinski definition) is 0. The molecular weight excluding hydrogens is 313 g/mol. The Balaban J connectivity index is 2.37. The first kappa shape index (κ1) is 9.96. The van der Waals surface area contributed by atoms with Crippen LogP contribution in [0.25, 0.3) is 5.95 Å². The summed E-state index contributed by atoms with van der Waals surface area (Å²) in [7, 11) is 0. The minimum Gasteiger partial charge on any atom is -0.358 e. The quantitative estimate of drug-likeness (QED) is 0.471. The highest BCUT2D eigenvalue weighted by molar-refractivity contribution is 14.1. The molecule has 2 aromatic rings. The molecule has 0 atom stereocenters. The molecule has 7 nitrogen and oxygen atoms in total. The predicted molar refractivity (Wildman–Crippen MR) is 58.5 cm³/mol. The van der Waals surface area contributed by atoms with E-state index in [1.807, 2.05) is 0 Å². The molecule has 2 aromatic heterocycles. The van der Waals surface area contributed by atoms with Crippen LogP contribution in [0, 0.1) is 13.7 Å². The molecule has 0 amide bonds. The summed E-state index contributed by atoms with van der Waals surface area (Å²) in [6.45, 7) is 0. The molecule has 2 rings (SSSR count). The monoisotopic (exact) mass is 317 g/mol. The van der Waals surface area contributed by atoms with E-state index in [1.165, 1.54) is 17.1 Å². The lowest BCUT2D eigenvalue weighted by molar-refractivity contribution is -0.389. The van der Waals surface area contributed by atoms with Gasteiger partial charge in [-0.3, -0.25) is 0 Å². The average Bonchev–Trinajstić information content (AvgIpc) is 2.68. The molecule has 0 aliphatic rings. The van der Waals surface area contributed by atoms with Crippen molar-refractivity contribution in [1.82, 2.24) is 19.5 Å². The molecule has 0 fully saturated rings. The molecule has 0 unspecified atom stereocenters. The Morgan fingerprint density at radius 1 is 1.33 bits per heavy atom. The first-order valence-electron chi connectivity index (χ1n) is 3.83. The fourth-order valence-corrected chi connectivity index (χ4v) is 1.23. The van der Waals surface area contributed by atoms with Gasteiger partial charge in [-0.05, 0) is 32.5 Å². The van der Waals surface area contributed by atoms with Gasteiger partial charge in [-0.1, -0.05) is 0 Å². The van der Waals surface area contributed by atoms with Crippen LogP contribution < -0.4 is 0 Å². The summed E-state index contributed by atoms with van der Waals surface area (Å²) >= 11 is 2.07. The Kier molecular flexibility index (Phi) is 2.58. The maximum atomic E-state index is 10.4. The largest absolute Gasteiger partial charge is 0.382 e. The zero-order valence-corrected chi connectivity index (χ0v) is 9.40. The third-order valence-corrected chi connectivity index (χ3v) is 2.15. The van der Waals surface area contributed by atoms with E-state index in [1.54, 1.807) is 12.4 Å². The van der Waals surface area contributed by atoms with E-state index in [-0.39, 0.29) is 5.82 Å². The highest BCUT2D eigenvalue weighted by Gasteiger charge is 2.11. The van der Waals surface area contributed by atoms with Crippen LogP contribution in [0.4, 0.5) is 5.82 Å². The van der Waals surface area contributed by atoms with Crippen molar-refractivity contribution < 1.29 is 4.92 Å². The summed E-state index contributed by atoms with van der Waals surface area (Å²) in [5, 5.41) is 10.4. The molecular formula is C7H4IN5O2. The third kappa shape index (κ3) is 2.09. The van der Waals surface area contributed by atoms with Crippen molar-refractivity contribution in [3.8, 4) is 5.95 Å². The summed E-state index contributed by atoms with van der Waals surface area (Å²) in [5.41, 5.74) is 0. The Morgan fingerprint density at radius 3 is 2.53 bits per heavy atom. The van der Waals surface area contributed by atoms with E-state index in [0.717, 1.165) is 3.57 Å². The van der Waals surface area contributed by atoms with Crippen LogP contribution in [0.15, 0.2) is 24.9 Å². The Labute approximate surface area is 97.5 Å². The molecule has 0 radical (unpaired) electrons. The number of nitrogens with zero attached hydrogens (tertiary/aromatic N) is 5. The standard InChI is InChI=1S/C7H4IN5O2/c8-5-1-9-7(10-2-5)12-3-6(11-4-12)13(14)15/h1-4H. The number of imidazole rings is 1. The van der Waals surface area contributed by atoms with Crippen LogP contribution in [0.1, 0.15) is 0 Å². The number of halogens is 1. The van der Waals surface area contributed by atoms with Gasteiger partial charge in [0.05, 0.1) is 0 Å². The highest BCUT2D eigenvalue weighted by Crippen LogP contribution is 2.09. The molecule has 0 aromatic carbocycles. The summed E-state index contributed by atoms with van der Waals surface area (Å²) < 4.78 is 2.29. The van der Waals surface area contributed by atoms with Crippen molar-refractivity contribution in [1.29, 1.82) is 0 Å². The zero-order valence-electron chi connectivity index (χ0n) is 7.24. The number of rotatable bonds is 2. The molecule has 15 heavy (non-hydrogen) atoms. The van der Waals surface area contributed by atoms with Gasteiger partial charge in [0.15, 0.2) is 0 Å². The van der Waals surface area contributed by atoms with Gasteiger partial charge in [0, 0.05) is 16.0 Å². The second-order valence-electron chi connectivity index (χ2n) is 2.60. The van der Waals surface area contributed by atoms with Gasteiger partial charge in [-0.15, -0.1) is 0 Å². The van der Waals surface area contributed by atoms with Crippen LogP contribution in [0.5, 0.6) is 0 Å². The number of aromatic nitrogens is 4. The zero-order chi connectivity index (χ0) is 10.8. The molecule has 0 saturated carbocycles. The van der Waals surface area contributed by atoms with Gasteiger partial charge in [-0.2, -0.15) is 0 Å². The molecule has 0 spiro atoms. The van der Waals surface area contributed by atoms with Gasteiger partial charge >= 0.3 is 5.82 Å². The van der Waals surface area contributed by atoms with Crippen LogP contribution in [0.3, 0.4) is 0 Å². The molecule has 0 N–H and O–H groups in total. The molecule has 2 heterocycles. The smallest absolute Gasteiger partial charge is 0.358 e. The van der Waals surface area contributed by atoms with E-state index >= 15 is 0 Å². The van der Waals surface area contributed by atoms with Gasteiger partial charge in [0.1, 0.15) is 6.20 Å². The Morgan fingerprint density at radius 2 is 2.00 bits per heavy atom. The normalized spacial score (nSPS) is 10.2. The SMILES string of the molecule is O=[N+]([O-])c1cn(-c2ncc(I)cn2)cn1. The lowest BCUT2D eigenvalue weighted by Gasteiger charge is -1.96. The van der Waals surface area contributed by atoms with Gasteiger partial charge in [0.25, 0.3) is 0 Å². The maximum Gasteiger partial charge on any atom is 0.382 e. The maximum absolute atomic E-state index is 10.4. The lowest BCUT2D eigenvalue weighted by Crippen LogP contribution is -1.97. The first-order chi connectivity index (χ1) is 7.16. The first-order valence-corrected chi connectivity index (χ1v) is 4.91.